The Morgan fingerprint density at radius 2 is 1.79 bits per heavy atom. The molecule has 9 nitrogen and oxygen atoms in total. The molecule has 2 N–H and O–H groups in total. The highest BCUT2D eigenvalue weighted by Gasteiger charge is 2.17. The highest BCUT2D eigenvalue weighted by atomic mass is 16.2. The predicted octanol–water partition coefficient (Wildman–Crippen LogP) is 2.84. The second-order valence-corrected chi connectivity index (χ2v) is 7.56. The predicted molar refractivity (Wildman–Crippen MR) is 123 cm³/mol. The van der Waals surface area contributed by atoms with Crippen LogP contribution in [0, 0.1) is 0 Å². The molecular weight excluding hydrogens is 418 g/mol. The topological polar surface area (TPSA) is 110 Å². The highest BCUT2D eigenvalue weighted by Crippen LogP contribution is 2.20. The zero-order valence-electron chi connectivity index (χ0n) is 17.3. The fourth-order valence-electron chi connectivity index (χ4n) is 4.03. The molecule has 0 spiro atoms. The van der Waals surface area contributed by atoms with Gasteiger partial charge in [-0.25, -0.2) is 14.5 Å². The van der Waals surface area contributed by atoms with Crippen molar-refractivity contribution in [3.05, 3.63) is 101 Å². The molecular formula is C24H17N7O2. The summed E-state index contributed by atoms with van der Waals surface area (Å²) >= 11 is 0. The average molecular weight is 435 g/mol. The van der Waals surface area contributed by atoms with Crippen LogP contribution in [0.2, 0.25) is 0 Å². The van der Waals surface area contributed by atoms with E-state index >= 15 is 0 Å². The van der Waals surface area contributed by atoms with Crippen molar-refractivity contribution in [2.75, 3.05) is 0 Å². The molecule has 9 heteroatoms. The lowest BCUT2D eigenvalue weighted by Crippen LogP contribution is -2.24. The number of aromatic amines is 1. The van der Waals surface area contributed by atoms with Crippen LogP contribution in [-0.4, -0.2) is 35.0 Å². The second kappa shape index (κ2) is 7.41. The van der Waals surface area contributed by atoms with Gasteiger partial charge in [0.05, 0.1) is 28.1 Å². The summed E-state index contributed by atoms with van der Waals surface area (Å²) in [6.45, 7) is 0.240. The molecule has 6 rings (SSSR count). The highest BCUT2D eigenvalue weighted by molar-refractivity contribution is 6.00. The van der Waals surface area contributed by atoms with Gasteiger partial charge < -0.3 is 10.3 Å². The molecule has 4 aromatic heterocycles. The molecule has 33 heavy (non-hydrogen) atoms. The van der Waals surface area contributed by atoms with Gasteiger partial charge in [-0.3, -0.25) is 14.2 Å². The number of imidazole rings is 1. The van der Waals surface area contributed by atoms with Crippen LogP contribution >= 0.6 is 0 Å². The smallest absolute Gasteiger partial charge is 0.259 e. The van der Waals surface area contributed by atoms with Gasteiger partial charge in [0.1, 0.15) is 23.4 Å². The molecule has 2 aromatic carbocycles. The third-order valence-electron chi connectivity index (χ3n) is 5.61. The first-order valence-corrected chi connectivity index (χ1v) is 10.3. The first-order chi connectivity index (χ1) is 16.2. The largest absolute Gasteiger partial charge is 0.348 e. The zero-order valence-corrected chi connectivity index (χ0v) is 17.3. The van der Waals surface area contributed by atoms with Gasteiger partial charge in [0.2, 0.25) is 0 Å². The van der Waals surface area contributed by atoms with Crippen LogP contribution in [0.25, 0.3) is 33.4 Å². The average Bonchev–Trinajstić information content (AvgIpc) is 3.47. The number of aromatic nitrogens is 6. The third-order valence-corrected chi connectivity index (χ3v) is 5.61. The first kappa shape index (κ1) is 18.9. The van der Waals surface area contributed by atoms with Crippen molar-refractivity contribution in [2.45, 2.75) is 6.54 Å². The van der Waals surface area contributed by atoms with E-state index in [2.05, 4.69) is 25.4 Å². The molecule has 0 aliphatic heterocycles. The molecule has 0 fully saturated rings. The Morgan fingerprint density at radius 3 is 2.70 bits per heavy atom. The van der Waals surface area contributed by atoms with Crippen molar-refractivity contribution in [2.24, 2.45) is 0 Å². The second-order valence-electron chi connectivity index (χ2n) is 7.56. The van der Waals surface area contributed by atoms with Gasteiger partial charge in [0.15, 0.2) is 0 Å². The lowest BCUT2D eigenvalue weighted by Gasteiger charge is -2.11. The molecule has 0 radical (unpaired) electrons. The number of carbonyl (C=O) groups is 1. The Labute approximate surface area is 186 Å². The molecule has 1 amide bonds. The number of rotatable bonds is 4. The Kier molecular flexibility index (Phi) is 4.25. The lowest BCUT2D eigenvalue weighted by molar-refractivity contribution is 0.0952. The van der Waals surface area contributed by atoms with E-state index in [-0.39, 0.29) is 23.6 Å². The number of para-hydroxylation sites is 3. The van der Waals surface area contributed by atoms with Crippen LogP contribution in [0.4, 0.5) is 0 Å². The quantitative estimate of drug-likeness (QED) is 0.443. The van der Waals surface area contributed by atoms with Crippen LogP contribution in [-0.2, 0) is 6.54 Å². The van der Waals surface area contributed by atoms with Gasteiger partial charge in [0.25, 0.3) is 11.5 Å². The van der Waals surface area contributed by atoms with Gasteiger partial charge in [-0.15, -0.1) is 0 Å². The van der Waals surface area contributed by atoms with Crippen LogP contribution in [0.3, 0.4) is 0 Å². The van der Waals surface area contributed by atoms with E-state index in [1.165, 1.54) is 6.20 Å². The summed E-state index contributed by atoms with van der Waals surface area (Å²) in [5.41, 5.74) is 3.62. The molecule has 0 bridgehead atoms. The Hall–Kier alpha value is -4.79. The normalized spacial score (nSPS) is 11.4. The molecule has 0 saturated heterocycles. The van der Waals surface area contributed by atoms with Gasteiger partial charge in [-0.1, -0.05) is 30.3 Å². The standard InChI is InChI=1S/C24H17N7O2/c32-23(17-13-28-31-19-9-3-1-7-16(19)24(33)29-22(17)31)26-12-15-6-5-11-25-21(15)30-14-27-18-8-2-4-10-20(18)30/h1-11,13-14H,12H2,(H,26,32)(H,29,33). The monoisotopic (exact) mass is 435 g/mol. The summed E-state index contributed by atoms with van der Waals surface area (Å²) < 4.78 is 3.47. The van der Waals surface area contributed by atoms with Crippen molar-refractivity contribution in [3.63, 3.8) is 0 Å². The molecule has 4 heterocycles. The van der Waals surface area contributed by atoms with Crippen LogP contribution in [0.15, 0.2) is 84.2 Å². The summed E-state index contributed by atoms with van der Waals surface area (Å²) in [7, 11) is 0. The number of amides is 1. The van der Waals surface area contributed by atoms with E-state index in [1.54, 1.807) is 35.2 Å². The Bertz CT molecular complexity index is 1730. The van der Waals surface area contributed by atoms with Gasteiger partial charge >= 0.3 is 0 Å². The van der Waals surface area contributed by atoms with Gasteiger partial charge in [0, 0.05) is 18.3 Å². The van der Waals surface area contributed by atoms with Gasteiger partial charge in [-0.05, 0) is 30.3 Å². The van der Waals surface area contributed by atoms with Crippen molar-refractivity contribution in [1.29, 1.82) is 0 Å². The Balaban J connectivity index is 1.33. The number of benzene rings is 2. The number of pyridine rings is 1. The minimum absolute atomic E-state index is 0.240. The number of fused-ring (bicyclic) bond motifs is 4. The molecule has 160 valence electrons. The third kappa shape index (κ3) is 3.06. The van der Waals surface area contributed by atoms with Gasteiger partial charge in [-0.2, -0.15) is 5.10 Å². The maximum atomic E-state index is 13.0. The van der Waals surface area contributed by atoms with E-state index in [0.29, 0.717) is 22.4 Å². The summed E-state index contributed by atoms with van der Waals surface area (Å²) in [6.07, 6.45) is 4.89. The molecule has 0 aliphatic carbocycles. The maximum Gasteiger partial charge on any atom is 0.259 e. The van der Waals surface area contributed by atoms with Crippen LogP contribution < -0.4 is 10.9 Å². The number of H-pyrrole nitrogens is 1. The SMILES string of the molecule is O=C(NCc1cccnc1-n1cnc2ccccc21)c1cnn2c1[nH]c(=O)c1ccccc12. The summed E-state index contributed by atoms with van der Waals surface area (Å²) in [4.78, 5) is 37.2. The van der Waals surface area contributed by atoms with E-state index in [1.807, 2.05) is 47.0 Å². The molecule has 0 unspecified atom stereocenters. The van der Waals surface area contributed by atoms with E-state index in [4.69, 9.17) is 0 Å². The number of nitrogens with one attached hydrogen (secondary N) is 2. The van der Waals surface area contributed by atoms with E-state index in [0.717, 1.165) is 16.6 Å². The lowest BCUT2D eigenvalue weighted by atomic mass is 10.2. The van der Waals surface area contributed by atoms with Crippen LogP contribution in [0.1, 0.15) is 15.9 Å². The molecule has 0 saturated carbocycles. The van der Waals surface area contributed by atoms with Crippen LogP contribution in [0.5, 0.6) is 0 Å². The summed E-state index contributed by atoms with van der Waals surface area (Å²) in [6, 6.07) is 18.6. The van der Waals surface area contributed by atoms with E-state index < -0.39 is 0 Å². The fourth-order valence-corrected chi connectivity index (χ4v) is 4.03. The summed E-state index contributed by atoms with van der Waals surface area (Å²) in [5.74, 6) is 0.340. The number of carbonyl (C=O) groups excluding carboxylic acids is 1. The first-order valence-electron chi connectivity index (χ1n) is 10.3. The number of hydrogen-bond donors (Lipinski definition) is 2. The number of hydrogen-bond acceptors (Lipinski definition) is 5. The number of nitrogens with zero attached hydrogens (tertiary/aromatic N) is 5. The Morgan fingerprint density at radius 1 is 0.970 bits per heavy atom. The fraction of sp³-hybridized carbons (Fsp3) is 0.0417. The van der Waals surface area contributed by atoms with Crippen molar-refractivity contribution in [3.8, 4) is 5.82 Å². The maximum absolute atomic E-state index is 13.0. The minimum Gasteiger partial charge on any atom is -0.348 e. The van der Waals surface area contributed by atoms with Crippen molar-refractivity contribution in [1.82, 2.24) is 34.4 Å². The molecule has 0 aliphatic rings. The molecule has 6 aromatic rings. The summed E-state index contributed by atoms with van der Waals surface area (Å²) in [5, 5.41) is 7.75. The minimum atomic E-state index is -0.346. The van der Waals surface area contributed by atoms with Crippen molar-refractivity contribution >= 4 is 33.5 Å². The molecule has 0 atom stereocenters. The van der Waals surface area contributed by atoms with Crippen molar-refractivity contribution < 1.29 is 4.79 Å². The zero-order chi connectivity index (χ0) is 22.4. The van der Waals surface area contributed by atoms with E-state index in [9.17, 15) is 9.59 Å².